The minimum absolute atomic E-state index is 0.0300. The Bertz CT molecular complexity index is 1250. The SMILES string of the molecule is Cc1ccc(NC(=O)c2sccc2S(=O)(=O)N2CCN(c3ccccc3F)CC2)cc1Cl. The first-order chi connectivity index (χ1) is 15.3. The van der Waals surface area contributed by atoms with E-state index in [1.54, 1.807) is 41.8 Å². The number of aryl methyl sites for hydroxylation is 1. The van der Waals surface area contributed by atoms with Crippen LogP contribution in [0.4, 0.5) is 15.8 Å². The third-order valence-corrected chi connectivity index (χ3v) is 8.71. The van der Waals surface area contributed by atoms with Gasteiger partial charge in [0, 0.05) is 36.9 Å². The number of thiophene rings is 1. The summed E-state index contributed by atoms with van der Waals surface area (Å²) >= 11 is 7.18. The van der Waals surface area contributed by atoms with Crippen LogP contribution < -0.4 is 10.2 Å². The number of rotatable bonds is 5. The number of piperazine rings is 1. The number of anilines is 2. The number of amides is 1. The highest BCUT2D eigenvalue weighted by Crippen LogP contribution is 2.29. The van der Waals surface area contributed by atoms with Gasteiger partial charge in [-0.3, -0.25) is 4.79 Å². The molecule has 0 unspecified atom stereocenters. The number of halogens is 2. The summed E-state index contributed by atoms with van der Waals surface area (Å²) in [6, 6.07) is 13.0. The fourth-order valence-electron chi connectivity index (χ4n) is 3.54. The Morgan fingerprint density at radius 2 is 1.81 bits per heavy atom. The monoisotopic (exact) mass is 493 g/mol. The average Bonchev–Trinajstić information content (AvgIpc) is 3.28. The van der Waals surface area contributed by atoms with Crippen LogP contribution in [-0.4, -0.2) is 44.8 Å². The highest BCUT2D eigenvalue weighted by atomic mass is 35.5. The number of benzene rings is 2. The van der Waals surface area contributed by atoms with Crippen molar-refractivity contribution in [2.45, 2.75) is 11.8 Å². The van der Waals surface area contributed by atoms with Crippen molar-refractivity contribution in [2.75, 3.05) is 36.4 Å². The molecule has 0 bridgehead atoms. The highest BCUT2D eigenvalue weighted by Gasteiger charge is 2.33. The summed E-state index contributed by atoms with van der Waals surface area (Å²) in [4.78, 5) is 14.7. The Labute approximate surface area is 195 Å². The van der Waals surface area contributed by atoms with Gasteiger partial charge in [-0.2, -0.15) is 4.31 Å². The summed E-state index contributed by atoms with van der Waals surface area (Å²) in [5.41, 5.74) is 1.82. The maximum Gasteiger partial charge on any atom is 0.267 e. The van der Waals surface area contributed by atoms with Gasteiger partial charge in [0.15, 0.2) is 0 Å². The summed E-state index contributed by atoms with van der Waals surface area (Å²) < 4.78 is 42.0. The van der Waals surface area contributed by atoms with E-state index in [1.807, 2.05) is 11.8 Å². The Hall–Kier alpha value is -2.46. The van der Waals surface area contributed by atoms with Crippen LogP contribution in [0.25, 0.3) is 0 Å². The largest absolute Gasteiger partial charge is 0.367 e. The molecule has 4 rings (SSSR count). The van der Waals surface area contributed by atoms with E-state index in [9.17, 15) is 17.6 Å². The Balaban J connectivity index is 1.49. The fraction of sp³-hybridized carbons (Fsp3) is 0.227. The van der Waals surface area contributed by atoms with E-state index in [4.69, 9.17) is 11.6 Å². The third-order valence-electron chi connectivity index (χ3n) is 5.31. The first kappa shape index (κ1) is 22.7. The first-order valence-corrected chi connectivity index (χ1v) is 12.6. The molecule has 1 saturated heterocycles. The molecule has 6 nitrogen and oxygen atoms in total. The standard InChI is InChI=1S/C22H21ClFN3O3S2/c1-15-6-7-16(14-17(15)23)25-22(28)21-20(8-13-31-21)32(29,30)27-11-9-26(10-12-27)19-5-3-2-4-18(19)24/h2-8,13-14H,9-12H2,1H3,(H,25,28). The molecule has 1 amide bonds. The molecule has 2 aromatic carbocycles. The molecule has 0 aliphatic carbocycles. The van der Waals surface area contributed by atoms with Crippen LogP contribution in [0.1, 0.15) is 15.2 Å². The highest BCUT2D eigenvalue weighted by molar-refractivity contribution is 7.89. The van der Waals surface area contributed by atoms with Crippen molar-refractivity contribution in [3.8, 4) is 0 Å². The van der Waals surface area contributed by atoms with Gasteiger partial charge < -0.3 is 10.2 Å². The van der Waals surface area contributed by atoms with Gasteiger partial charge in [0.25, 0.3) is 5.91 Å². The smallest absolute Gasteiger partial charge is 0.267 e. The van der Waals surface area contributed by atoms with Crippen molar-refractivity contribution >= 4 is 50.2 Å². The molecule has 0 radical (unpaired) electrons. The molecule has 1 N–H and O–H groups in total. The van der Waals surface area contributed by atoms with Crippen molar-refractivity contribution in [1.82, 2.24) is 4.31 Å². The van der Waals surface area contributed by atoms with Crippen LogP contribution in [-0.2, 0) is 10.0 Å². The van der Waals surface area contributed by atoms with Crippen LogP contribution in [0.3, 0.4) is 0 Å². The number of carbonyl (C=O) groups excluding carboxylic acids is 1. The summed E-state index contributed by atoms with van der Waals surface area (Å²) in [5, 5.41) is 4.81. The molecule has 2 heterocycles. The van der Waals surface area contributed by atoms with Gasteiger partial charge in [-0.05, 0) is 48.2 Å². The summed E-state index contributed by atoms with van der Waals surface area (Å²) in [7, 11) is -3.88. The quantitative estimate of drug-likeness (QED) is 0.563. The molecule has 3 aromatic rings. The van der Waals surface area contributed by atoms with E-state index < -0.39 is 15.9 Å². The molecule has 1 aliphatic heterocycles. The Kier molecular flexibility index (Phi) is 6.52. The van der Waals surface area contributed by atoms with Gasteiger partial charge in [0.05, 0.1) is 5.69 Å². The molecule has 32 heavy (non-hydrogen) atoms. The van der Waals surface area contributed by atoms with E-state index in [0.717, 1.165) is 16.9 Å². The molecule has 1 aliphatic rings. The van der Waals surface area contributed by atoms with Gasteiger partial charge in [0.2, 0.25) is 10.0 Å². The predicted molar refractivity (Wildman–Crippen MR) is 126 cm³/mol. The lowest BCUT2D eigenvalue weighted by atomic mass is 10.2. The van der Waals surface area contributed by atoms with Crippen LogP contribution in [0.5, 0.6) is 0 Å². The van der Waals surface area contributed by atoms with Crippen molar-refractivity contribution in [1.29, 1.82) is 0 Å². The number of nitrogens with zero attached hydrogens (tertiary/aromatic N) is 2. The van der Waals surface area contributed by atoms with Gasteiger partial charge in [-0.15, -0.1) is 11.3 Å². The normalized spacial score (nSPS) is 15.0. The van der Waals surface area contributed by atoms with Crippen LogP contribution in [0.15, 0.2) is 58.8 Å². The zero-order valence-electron chi connectivity index (χ0n) is 17.2. The molecular weight excluding hydrogens is 473 g/mol. The zero-order chi connectivity index (χ0) is 22.9. The van der Waals surface area contributed by atoms with Crippen LogP contribution in [0.2, 0.25) is 5.02 Å². The number of para-hydroxylation sites is 1. The molecule has 10 heteroatoms. The second-order valence-corrected chi connectivity index (χ2v) is 10.6. The number of nitrogens with one attached hydrogen (secondary N) is 1. The first-order valence-electron chi connectivity index (χ1n) is 9.92. The fourth-order valence-corrected chi connectivity index (χ4v) is 6.44. The van der Waals surface area contributed by atoms with Gasteiger partial charge in [0.1, 0.15) is 15.6 Å². The molecule has 168 valence electrons. The Morgan fingerprint density at radius 1 is 1.09 bits per heavy atom. The lowest BCUT2D eigenvalue weighted by Crippen LogP contribution is -2.49. The van der Waals surface area contributed by atoms with Crippen LogP contribution >= 0.6 is 22.9 Å². The molecule has 1 fully saturated rings. The van der Waals surface area contributed by atoms with Crippen LogP contribution in [0, 0.1) is 12.7 Å². The molecule has 0 spiro atoms. The zero-order valence-corrected chi connectivity index (χ0v) is 19.6. The maximum atomic E-state index is 14.1. The minimum Gasteiger partial charge on any atom is -0.367 e. The molecule has 0 saturated carbocycles. The molecule has 0 atom stereocenters. The van der Waals surface area contributed by atoms with Crippen molar-refractivity contribution < 1.29 is 17.6 Å². The number of hydrogen-bond donors (Lipinski definition) is 1. The topological polar surface area (TPSA) is 69.7 Å². The van der Waals surface area contributed by atoms with Crippen molar-refractivity contribution in [3.05, 3.63) is 75.2 Å². The number of sulfonamides is 1. The lowest BCUT2D eigenvalue weighted by molar-refractivity contribution is 0.102. The van der Waals surface area contributed by atoms with Gasteiger partial charge >= 0.3 is 0 Å². The Morgan fingerprint density at radius 3 is 2.50 bits per heavy atom. The summed E-state index contributed by atoms with van der Waals surface area (Å²) in [5.74, 6) is -0.847. The average molecular weight is 494 g/mol. The van der Waals surface area contributed by atoms with E-state index in [2.05, 4.69) is 5.32 Å². The van der Waals surface area contributed by atoms with Gasteiger partial charge in [-0.25, -0.2) is 12.8 Å². The summed E-state index contributed by atoms with van der Waals surface area (Å²) in [6.45, 7) is 2.95. The third kappa shape index (κ3) is 4.52. The molecule has 1 aromatic heterocycles. The van der Waals surface area contributed by atoms with Gasteiger partial charge in [-0.1, -0.05) is 29.8 Å². The maximum absolute atomic E-state index is 14.1. The van der Waals surface area contributed by atoms with E-state index >= 15 is 0 Å². The van der Waals surface area contributed by atoms with E-state index in [-0.39, 0.29) is 28.7 Å². The van der Waals surface area contributed by atoms with E-state index in [0.29, 0.717) is 29.5 Å². The second-order valence-electron chi connectivity index (χ2n) is 7.37. The minimum atomic E-state index is -3.88. The molecular formula is C22H21ClFN3O3S2. The summed E-state index contributed by atoms with van der Waals surface area (Å²) in [6.07, 6.45) is 0. The lowest BCUT2D eigenvalue weighted by Gasteiger charge is -2.35. The second kappa shape index (κ2) is 9.19. The number of hydrogen-bond acceptors (Lipinski definition) is 5. The van der Waals surface area contributed by atoms with Crippen molar-refractivity contribution in [3.63, 3.8) is 0 Å². The predicted octanol–water partition coefficient (Wildman–Crippen LogP) is 4.61. The number of carbonyl (C=O) groups is 1. The van der Waals surface area contributed by atoms with Crippen molar-refractivity contribution in [2.24, 2.45) is 0 Å². The van der Waals surface area contributed by atoms with E-state index in [1.165, 1.54) is 16.4 Å².